The lowest BCUT2D eigenvalue weighted by atomic mass is 10.2. The van der Waals surface area contributed by atoms with Gasteiger partial charge in [-0.15, -0.1) is 5.10 Å². The van der Waals surface area contributed by atoms with Gasteiger partial charge in [-0.25, -0.2) is 9.50 Å². The Labute approximate surface area is 134 Å². The lowest BCUT2D eigenvalue weighted by Crippen LogP contribution is -2.46. The molecule has 0 atom stereocenters. The van der Waals surface area contributed by atoms with Gasteiger partial charge in [0.25, 0.3) is 0 Å². The molecule has 0 radical (unpaired) electrons. The maximum absolute atomic E-state index is 5.22. The molecule has 4 rings (SSSR count). The molecule has 3 heterocycles. The lowest BCUT2D eigenvalue weighted by Gasteiger charge is -2.36. The van der Waals surface area contributed by atoms with Crippen LogP contribution in [0.25, 0.3) is 5.65 Å². The lowest BCUT2D eigenvalue weighted by molar-refractivity contribution is 0.415. The normalized spacial score (nSPS) is 15.2. The summed E-state index contributed by atoms with van der Waals surface area (Å²) >= 11 is 0. The summed E-state index contributed by atoms with van der Waals surface area (Å²) in [4.78, 5) is 8.95. The van der Waals surface area contributed by atoms with Crippen molar-refractivity contribution in [3.63, 3.8) is 0 Å². The number of imidazole rings is 1. The molecule has 1 aliphatic rings. The molecule has 0 bridgehead atoms. The third-order valence-electron chi connectivity index (χ3n) is 4.28. The van der Waals surface area contributed by atoms with E-state index < -0.39 is 0 Å². The molecule has 0 aliphatic carbocycles. The average Bonchev–Trinajstić information content (AvgIpc) is 3.10. The summed E-state index contributed by atoms with van der Waals surface area (Å²) in [7, 11) is 1.69. The van der Waals surface area contributed by atoms with Crippen LogP contribution < -0.4 is 14.5 Å². The van der Waals surface area contributed by atoms with Crippen LogP contribution >= 0.6 is 0 Å². The van der Waals surface area contributed by atoms with E-state index in [0.29, 0.717) is 0 Å². The van der Waals surface area contributed by atoms with Crippen LogP contribution in [-0.4, -0.2) is 47.9 Å². The maximum atomic E-state index is 5.22. The summed E-state index contributed by atoms with van der Waals surface area (Å²) in [6.45, 7) is 3.88. The molecule has 1 aromatic carbocycles. The predicted octanol–water partition coefficient (Wildman–Crippen LogP) is 2.06. The van der Waals surface area contributed by atoms with E-state index in [0.717, 1.165) is 43.4 Å². The van der Waals surface area contributed by atoms with Gasteiger partial charge in [0, 0.05) is 44.3 Å². The Morgan fingerprint density at radius 1 is 0.913 bits per heavy atom. The molecule has 6 heteroatoms. The molecule has 1 aliphatic heterocycles. The molecule has 118 valence electrons. The quantitative estimate of drug-likeness (QED) is 0.741. The van der Waals surface area contributed by atoms with Crippen LogP contribution in [0.5, 0.6) is 5.75 Å². The predicted molar refractivity (Wildman–Crippen MR) is 90.4 cm³/mol. The van der Waals surface area contributed by atoms with Gasteiger partial charge >= 0.3 is 0 Å². The minimum atomic E-state index is 0.880. The molecule has 0 saturated carbocycles. The van der Waals surface area contributed by atoms with E-state index >= 15 is 0 Å². The average molecular weight is 309 g/mol. The van der Waals surface area contributed by atoms with E-state index in [2.05, 4.69) is 32.0 Å². The fourth-order valence-corrected chi connectivity index (χ4v) is 2.96. The number of fused-ring (bicyclic) bond motifs is 1. The Hall–Kier alpha value is -2.76. The first-order valence-corrected chi connectivity index (χ1v) is 7.78. The van der Waals surface area contributed by atoms with Crippen LogP contribution in [0.4, 0.5) is 11.5 Å². The highest BCUT2D eigenvalue weighted by molar-refractivity contribution is 5.52. The van der Waals surface area contributed by atoms with Gasteiger partial charge in [0.1, 0.15) is 11.6 Å². The van der Waals surface area contributed by atoms with E-state index in [1.54, 1.807) is 13.3 Å². The van der Waals surface area contributed by atoms with Gasteiger partial charge in [-0.05, 0) is 36.4 Å². The molecule has 6 nitrogen and oxygen atoms in total. The van der Waals surface area contributed by atoms with Crippen molar-refractivity contribution < 1.29 is 4.74 Å². The Morgan fingerprint density at radius 3 is 2.39 bits per heavy atom. The van der Waals surface area contributed by atoms with Gasteiger partial charge in [-0.2, -0.15) is 0 Å². The number of hydrogen-bond acceptors (Lipinski definition) is 5. The third kappa shape index (κ3) is 2.67. The number of methoxy groups -OCH3 is 1. The van der Waals surface area contributed by atoms with Crippen molar-refractivity contribution in [2.45, 2.75) is 0 Å². The molecule has 0 N–H and O–H groups in total. The highest BCUT2D eigenvalue weighted by Crippen LogP contribution is 2.22. The number of hydrogen-bond donors (Lipinski definition) is 0. The number of rotatable bonds is 3. The minimum absolute atomic E-state index is 0.880. The molecule has 1 saturated heterocycles. The van der Waals surface area contributed by atoms with Gasteiger partial charge in [-0.3, -0.25) is 0 Å². The SMILES string of the molecule is COc1ccc(N2CCN(c3ccc4nccn4n3)CC2)cc1. The molecular formula is C17H19N5O. The number of piperazine rings is 1. The van der Waals surface area contributed by atoms with Gasteiger partial charge in [0.15, 0.2) is 5.65 Å². The maximum Gasteiger partial charge on any atom is 0.153 e. The number of benzene rings is 1. The smallest absolute Gasteiger partial charge is 0.153 e. The Kier molecular flexibility index (Phi) is 3.49. The molecule has 1 fully saturated rings. The number of ether oxygens (including phenoxy) is 1. The van der Waals surface area contributed by atoms with Crippen molar-refractivity contribution in [3.05, 3.63) is 48.8 Å². The van der Waals surface area contributed by atoms with E-state index in [4.69, 9.17) is 4.74 Å². The highest BCUT2D eigenvalue weighted by atomic mass is 16.5. The summed E-state index contributed by atoms with van der Waals surface area (Å²) in [5, 5.41) is 4.62. The molecule has 0 unspecified atom stereocenters. The standard InChI is InChI=1S/C17H19N5O/c1-23-15-4-2-14(3-5-15)20-10-12-21(13-11-20)17-7-6-16-18-8-9-22(16)19-17/h2-9H,10-13H2,1H3. The van der Waals surface area contributed by atoms with Crippen molar-refractivity contribution in [1.29, 1.82) is 0 Å². The van der Waals surface area contributed by atoms with E-state index in [1.165, 1.54) is 5.69 Å². The third-order valence-corrected chi connectivity index (χ3v) is 4.28. The van der Waals surface area contributed by atoms with Crippen molar-refractivity contribution in [2.24, 2.45) is 0 Å². The number of anilines is 2. The first-order valence-electron chi connectivity index (χ1n) is 7.78. The van der Waals surface area contributed by atoms with Crippen molar-refractivity contribution in [2.75, 3.05) is 43.1 Å². The second kappa shape index (κ2) is 5.79. The van der Waals surface area contributed by atoms with E-state index in [1.807, 2.05) is 35.0 Å². The van der Waals surface area contributed by atoms with E-state index in [-0.39, 0.29) is 0 Å². The first-order chi connectivity index (χ1) is 11.3. The van der Waals surface area contributed by atoms with Crippen molar-refractivity contribution in [1.82, 2.24) is 14.6 Å². The van der Waals surface area contributed by atoms with Crippen LogP contribution in [0.1, 0.15) is 0 Å². The number of nitrogens with zero attached hydrogens (tertiary/aromatic N) is 5. The second-order valence-corrected chi connectivity index (χ2v) is 5.59. The zero-order valence-corrected chi connectivity index (χ0v) is 13.1. The Morgan fingerprint density at radius 2 is 1.65 bits per heavy atom. The zero-order valence-electron chi connectivity index (χ0n) is 13.1. The molecule has 23 heavy (non-hydrogen) atoms. The largest absolute Gasteiger partial charge is 0.497 e. The molecule has 2 aromatic heterocycles. The van der Waals surface area contributed by atoms with Crippen molar-refractivity contribution >= 4 is 17.2 Å². The first kappa shape index (κ1) is 13.9. The van der Waals surface area contributed by atoms with Gasteiger partial charge in [0.05, 0.1) is 7.11 Å². The Balaban J connectivity index is 1.45. The van der Waals surface area contributed by atoms with Crippen LogP contribution in [0, 0.1) is 0 Å². The molecule has 0 amide bonds. The second-order valence-electron chi connectivity index (χ2n) is 5.59. The minimum Gasteiger partial charge on any atom is -0.497 e. The molecule has 0 spiro atoms. The van der Waals surface area contributed by atoms with Gasteiger partial charge in [-0.1, -0.05) is 0 Å². The summed E-state index contributed by atoms with van der Waals surface area (Å²) in [5.74, 6) is 1.90. The monoisotopic (exact) mass is 309 g/mol. The van der Waals surface area contributed by atoms with Crippen LogP contribution in [-0.2, 0) is 0 Å². The summed E-state index contributed by atoms with van der Waals surface area (Å²) in [6.07, 6.45) is 3.65. The van der Waals surface area contributed by atoms with Crippen LogP contribution in [0.2, 0.25) is 0 Å². The summed E-state index contributed by atoms with van der Waals surface area (Å²) in [5.41, 5.74) is 2.12. The molecular weight excluding hydrogens is 290 g/mol. The van der Waals surface area contributed by atoms with Crippen LogP contribution in [0.15, 0.2) is 48.8 Å². The van der Waals surface area contributed by atoms with Gasteiger partial charge < -0.3 is 14.5 Å². The zero-order chi connectivity index (χ0) is 15.6. The number of aromatic nitrogens is 3. The highest BCUT2D eigenvalue weighted by Gasteiger charge is 2.18. The topological polar surface area (TPSA) is 45.9 Å². The van der Waals surface area contributed by atoms with Crippen LogP contribution in [0.3, 0.4) is 0 Å². The fourth-order valence-electron chi connectivity index (χ4n) is 2.96. The van der Waals surface area contributed by atoms with Gasteiger partial charge in [0.2, 0.25) is 0 Å². The van der Waals surface area contributed by atoms with E-state index in [9.17, 15) is 0 Å². The molecule has 3 aromatic rings. The van der Waals surface area contributed by atoms with Crippen molar-refractivity contribution in [3.8, 4) is 5.75 Å². The Bertz CT molecular complexity index is 790. The summed E-state index contributed by atoms with van der Waals surface area (Å²) in [6, 6.07) is 12.3. The fraction of sp³-hybridized carbons (Fsp3) is 0.294. The summed E-state index contributed by atoms with van der Waals surface area (Å²) < 4.78 is 7.04.